The molecule has 0 spiro atoms. The molecule has 0 aliphatic carbocycles. The molecule has 0 radical (unpaired) electrons. The van der Waals surface area contributed by atoms with E-state index in [9.17, 15) is 19.8 Å². The van der Waals surface area contributed by atoms with Gasteiger partial charge in [0.2, 0.25) is 5.95 Å². The van der Waals surface area contributed by atoms with Crippen molar-refractivity contribution in [3.63, 3.8) is 0 Å². The summed E-state index contributed by atoms with van der Waals surface area (Å²) in [4.78, 5) is 34.3. The van der Waals surface area contributed by atoms with E-state index in [4.69, 9.17) is 9.47 Å². The van der Waals surface area contributed by atoms with Crippen molar-refractivity contribution >= 4 is 29.3 Å². The highest BCUT2D eigenvalue weighted by Gasteiger charge is 2.38. The van der Waals surface area contributed by atoms with E-state index >= 15 is 0 Å². The zero-order valence-corrected chi connectivity index (χ0v) is 22.4. The number of aliphatic hydroxyl groups excluding tert-OH is 1. The number of rotatable bonds is 9. The number of fused-ring (bicyclic) bond motifs is 1. The fourth-order valence-electron chi connectivity index (χ4n) is 4.84. The first-order valence-corrected chi connectivity index (χ1v) is 13.2. The Bertz CT molecular complexity index is 1390. The van der Waals surface area contributed by atoms with Gasteiger partial charge in [-0.25, -0.2) is 9.78 Å². The van der Waals surface area contributed by atoms with E-state index in [1.807, 2.05) is 50.2 Å². The Morgan fingerprint density at radius 3 is 2.60 bits per heavy atom. The lowest BCUT2D eigenvalue weighted by molar-refractivity contribution is -0.0605. The van der Waals surface area contributed by atoms with Crippen LogP contribution in [0.25, 0.3) is 0 Å². The maximum atomic E-state index is 13.3. The normalized spacial score (nSPS) is 17.9. The van der Waals surface area contributed by atoms with E-state index in [1.165, 1.54) is 6.20 Å². The number of cyclic esters (lactones) is 1. The second-order valence-corrected chi connectivity index (χ2v) is 10.6. The number of esters is 1. The predicted molar refractivity (Wildman–Crippen MR) is 147 cm³/mol. The van der Waals surface area contributed by atoms with Gasteiger partial charge in [-0.15, -0.1) is 0 Å². The molecule has 1 amide bonds. The molecule has 1 aromatic heterocycles. The van der Waals surface area contributed by atoms with E-state index in [1.54, 1.807) is 12.1 Å². The summed E-state index contributed by atoms with van der Waals surface area (Å²) < 4.78 is 10.8. The second kappa shape index (κ2) is 11.2. The lowest BCUT2D eigenvalue weighted by Crippen LogP contribution is -2.46. The number of ether oxygens (including phenoxy) is 2. The Kier molecular flexibility index (Phi) is 7.70. The first-order chi connectivity index (χ1) is 19.2. The molecule has 5 rings (SSSR count). The van der Waals surface area contributed by atoms with Crippen LogP contribution in [-0.4, -0.2) is 64.0 Å². The second-order valence-electron chi connectivity index (χ2n) is 10.6. The molecule has 3 aromatic rings. The minimum atomic E-state index is -1.05. The average molecular weight is 548 g/mol. The SMILES string of the molecule is CC1(C)OC(=O)c2ccc(Nc3ncc(C(=O)NCC4(O)CCOCC4)c(N[C@H](CO)c4ccccc4)n3)cc21. The third kappa shape index (κ3) is 5.91. The highest BCUT2D eigenvalue weighted by atomic mass is 16.6. The first kappa shape index (κ1) is 27.5. The van der Waals surface area contributed by atoms with Crippen LogP contribution in [-0.2, 0) is 15.1 Å². The number of carbonyl (C=O) groups excluding carboxylic acids is 2. The van der Waals surface area contributed by atoms with Crippen molar-refractivity contribution in [2.24, 2.45) is 0 Å². The van der Waals surface area contributed by atoms with Crippen molar-refractivity contribution < 1.29 is 29.3 Å². The molecular formula is C29H33N5O6. The number of anilines is 3. The zero-order valence-electron chi connectivity index (χ0n) is 22.4. The summed E-state index contributed by atoms with van der Waals surface area (Å²) in [7, 11) is 0. The van der Waals surface area contributed by atoms with Gasteiger partial charge in [-0.3, -0.25) is 4.79 Å². The Labute approximate surface area is 232 Å². The van der Waals surface area contributed by atoms with Crippen LogP contribution < -0.4 is 16.0 Å². The number of amides is 1. The van der Waals surface area contributed by atoms with Crippen molar-refractivity contribution in [1.82, 2.24) is 15.3 Å². The minimum absolute atomic E-state index is 0.0580. The Hall–Kier alpha value is -4.06. The fraction of sp³-hybridized carbons (Fsp3) is 0.379. The predicted octanol–water partition coefficient (Wildman–Crippen LogP) is 3.04. The van der Waals surface area contributed by atoms with Crippen LogP contribution in [0.2, 0.25) is 0 Å². The van der Waals surface area contributed by atoms with Gasteiger partial charge in [-0.05, 0) is 37.6 Å². The summed E-state index contributed by atoms with van der Waals surface area (Å²) in [6, 6.07) is 14.0. The first-order valence-electron chi connectivity index (χ1n) is 13.2. The van der Waals surface area contributed by atoms with Crippen molar-refractivity contribution in [1.29, 1.82) is 0 Å². The molecule has 5 N–H and O–H groups in total. The Morgan fingerprint density at radius 1 is 1.12 bits per heavy atom. The number of hydrogen-bond donors (Lipinski definition) is 5. The van der Waals surface area contributed by atoms with E-state index in [2.05, 4.69) is 25.9 Å². The van der Waals surface area contributed by atoms with Crippen LogP contribution >= 0.6 is 0 Å². The number of hydrogen-bond acceptors (Lipinski definition) is 10. The van der Waals surface area contributed by atoms with Crippen LogP contribution in [0.4, 0.5) is 17.5 Å². The number of carbonyl (C=O) groups is 2. The van der Waals surface area contributed by atoms with Crippen molar-refractivity contribution in [2.45, 2.75) is 43.9 Å². The number of nitrogens with one attached hydrogen (secondary N) is 3. The minimum Gasteiger partial charge on any atom is -0.451 e. The third-order valence-electron chi connectivity index (χ3n) is 7.22. The van der Waals surface area contributed by atoms with E-state index < -0.39 is 23.2 Å². The summed E-state index contributed by atoms with van der Waals surface area (Å²) >= 11 is 0. The molecule has 2 aliphatic heterocycles. The Balaban J connectivity index is 1.42. The Morgan fingerprint density at radius 2 is 1.88 bits per heavy atom. The number of aromatic nitrogens is 2. The van der Waals surface area contributed by atoms with Gasteiger partial charge in [0.05, 0.1) is 23.8 Å². The quantitative estimate of drug-likeness (QED) is 0.253. The lowest BCUT2D eigenvalue weighted by Gasteiger charge is -2.32. The molecule has 3 heterocycles. The van der Waals surface area contributed by atoms with Gasteiger partial charge in [0.15, 0.2) is 0 Å². The molecule has 1 fully saturated rings. The summed E-state index contributed by atoms with van der Waals surface area (Å²) in [5, 5.41) is 30.0. The summed E-state index contributed by atoms with van der Waals surface area (Å²) in [6.07, 6.45) is 2.24. The molecule has 11 heteroatoms. The van der Waals surface area contributed by atoms with Crippen LogP contribution in [0.3, 0.4) is 0 Å². The molecule has 40 heavy (non-hydrogen) atoms. The molecule has 2 aromatic carbocycles. The summed E-state index contributed by atoms with van der Waals surface area (Å²) in [5.74, 6) is -0.425. The largest absolute Gasteiger partial charge is 0.451 e. The number of benzene rings is 2. The zero-order chi connectivity index (χ0) is 28.3. The van der Waals surface area contributed by atoms with Crippen molar-refractivity contribution in [3.05, 3.63) is 77.0 Å². The smallest absolute Gasteiger partial charge is 0.339 e. The van der Waals surface area contributed by atoms with Crippen LogP contribution in [0.15, 0.2) is 54.7 Å². The monoisotopic (exact) mass is 547 g/mol. The molecule has 0 unspecified atom stereocenters. The number of aliphatic hydroxyl groups is 2. The third-order valence-corrected chi connectivity index (χ3v) is 7.22. The van der Waals surface area contributed by atoms with Crippen LogP contribution in [0.5, 0.6) is 0 Å². The molecule has 0 saturated carbocycles. The highest BCUT2D eigenvalue weighted by molar-refractivity contribution is 5.99. The molecule has 1 saturated heterocycles. The number of nitrogens with zero attached hydrogens (tertiary/aromatic N) is 2. The van der Waals surface area contributed by atoms with E-state index in [0.29, 0.717) is 37.3 Å². The fourth-order valence-corrected chi connectivity index (χ4v) is 4.84. The van der Waals surface area contributed by atoms with E-state index in [-0.39, 0.29) is 36.5 Å². The molecule has 11 nitrogen and oxygen atoms in total. The molecule has 0 bridgehead atoms. The maximum Gasteiger partial charge on any atom is 0.339 e. The molecular weight excluding hydrogens is 514 g/mol. The standard InChI is InChI=1S/C29H33N5O6/c1-28(2)22-14-19(8-9-20(22)26(37)40-28)32-27-30-15-21(25(36)31-17-29(38)10-12-39-13-11-29)24(34-27)33-23(16-35)18-6-4-3-5-7-18/h3-9,14-15,23,35,38H,10-13,16-17H2,1-2H3,(H,31,36)(H2,30,32,33,34)/t23-/m1/s1. The lowest BCUT2D eigenvalue weighted by atomic mass is 9.94. The van der Waals surface area contributed by atoms with Crippen LogP contribution in [0, 0.1) is 0 Å². The highest BCUT2D eigenvalue weighted by Crippen LogP contribution is 2.37. The van der Waals surface area contributed by atoms with Gasteiger partial charge in [-0.2, -0.15) is 4.98 Å². The van der Waals surface area contributed by atoms with Gasteiger partial charge in [0.25, 0.3) is 5.91 Å². The van der Waals surface area contributed by atoms with Gasteiger partial charge < -0.3 is 35.6 Å². The van der Waals surface area contributed by atoms with Crippen molar-refractivity contribution in [3.8, 4) is 0 Å². The summed E-state index contributed by atoms with van der Waals surface area (Å²) in [6.45, 7) is 4.31. The molecule has 1 atom stereocenters. The van der Waals surface area contributed by atoms with Crippen molar-refractivity contribution in [2.75, 3.05) is 37.0 Å². The average Bonchev–Trinajstić information content (AvgIpc) is 3.18. The topological polar surface area (TPSA) is 155 Å². The van der Waals surface area contributed by atoms with Gasteiger partial charge in [-0.1, -0.05) is 30.3 Å². The van der Waals surface area contributed by atoms with Gasteiger partial charge in [0, 0.05) is 50.0 Å². The molecule has 210 valence electrons. The van der Waals surface area contributed by atoms with Crippen LogP contribution in [0.1, 0.15) is 64.6 Å². The van der Waals surface area contributed by atoms with Gasteiger partial charge >= 0.3 is 5.97 Å². The summed E-state index contributed by atoms with van der Waals surface area (Å²) in [5.41, 5.74) is 1.04. The molecule has 2 aliphatic rings. The van der Waals surface area contributed by atoms with Gasteiger partial charge in [0.1, 0.15) is 17.0 Å². The maximum absolute atomic E-state index is 13.3. The van der Waals surface area contributed by atoms with E-state index in [0.717, 1.165) is 11.1 Å².